The highest BCUT2D eigenvalue weighted by atomic mass is 19.2. The third-order valence-electron chi connectivity index (χ3n) is 7.07. The number of carbonyl (C=O) groups is 1. The van der Waals surface area contributed by atoms with Gasteiger partial charge in [0, 0.05) is 12.0 Å². The first kappa shape index (κ1) is 27.5. The van der Waals surface area contributed by atoms with E-state index >= 15 is 0 Å². The number of nitrogens with one attached hydrogen (secondary N) is 1. The molecule has 2 heterocycles. The van der Waals surface area contributed by atoms with Gasteiger partial charge in [0.25, 0.3) is 0 Å². The minimum absolute atomic E-state index is 0.110. The molecule has 2 aromatic rings. The first-order valence-corrected chi connectivity index (χ1v) is 13.0. The Morgan fingerprint density at radius 2 is 1.87 bits per heavy atom. The van der Waals surface area contributed by atoms with E-state index in [1.54, 1.807) is 41.5 Å². The van der Waals surface area contributed by atoms with Gasteiger partial charge in [-0.05, 0) is 72.1 Å². The second-order valence-electron chi connectivity index (χ2n) is 11.9. The molecule has 1 aliphatic heterocycles. The number of hydrogen-bond donors (Lipinski definition) is 3. The normalized spacial score (nSPS) is 29.2. The van der Waals surface area contributed by atoms with E-state index in [0.717, 1.165) is 12.1 Å². The van der Waals surface area contributed by atoms with Crippen molar-refractivity contribution < 1.29 is 32.9 Å². The van der Waals surface area contributed by atoms with E-state index in [9.17, 15) is 18.7 Å². The van der Waals surface area contributed by atoms with Gasteiger partial charge in [0.1, 0.15) is 29.3 Å². The van der Waals surface area contributed by atoms with Gasteiger partial charge in [-0.15, -0.1) is 0 Å². The Bertz CT molecular complexity index is 1290. The predicted octanol–water partition coefficient (Wildman–Crippen LogP) is 4.01. The number of fused-ring (bicyclic) bond motifs is 1. The summed E-state index contributed by atoms with van der Waals surface area (Å²) in [5.41, 5.74) is 6.43. The number of aromatic nitrogens is 2. The van der Waals surface area contributed by atoms with Gasteiger partial charge in [-0.3, -0.25) is 4.90 Å². The maximum atomic E-state index is 14.0. The highest BCUT2D eigenvalue weighted by molar-refractivity contribution is 5.94. The fourth-order valence-electron chi connectivity index (χ4n) is 5.39. The molecule has 0 spiro atoms. The fraction of sp³-hybridized carbons (Fsp3) is 0.593. The van der Waals surface area contributed by atoms with Crippen molar-refractivity contribution in [3.05, 3.63) is 41.2 Å². The van der Waals surface area contributed by atoms with Gasteiger partial charge in [-0.25, -0.2) is 23.5 Å². The lowest BCUT2D eigenvalue weighted by Gasteiger charge is -2.29. The molecule has 0 radical (unpaired) electrons. The number of nitrogens with zero attached hydrogens (tertiary/aromatic N) is 3. The molecule has 1 amide bonds. The SMILES string of the molecule is Cc1nc(NC2CC(O)C3OC(C)(C)OC23)c(N)c(N(C(=O)OC(C)(C)C)C2CC2c2ccc(F)c(F)c2)n1. The van der Waals surface area contributed by atoms with Crippen LogP contribution in [0.3, 0.4) is 0 Å². The monoisotopic (exact) mass is 547 g/mol. The van der Waals surface area contributed by atoms with Gasteiger partial charge in [-0.1, -0.05) is 6.07 Å². The van der Waals surface area contributed by atoms with Crippen LogP contribution in [0.5, 0.6) is 0 Å². The number of benzene rings is 1. The number of anilines is 3. The standard InChI is InChI=1S/C27H35F2N5O5/c1-12-31-23(33-17-11-19(35)22-21(17)37-27(5,6)38-22)20(30)24(32-12)34(25(36)39-26(2,3)4)18-10-14(18)13-7-8-15(28)16(29)9-13/h7-9,14,17-19,21-22,35H,10-11,30H2,1-6H3,(H,31,32,33). The number of hydrogen-bond acceptors (Lipinski definition) is 9. The van der Waals surface area contributed by atoms with Gasteiger partial charge >= 0.3 is 6.09 Å². The molecule has 3 fully saturated rings. The van der Waals surface area contributed by atoms with E-state index in [1.165, 1.54) is 11.0 Å². The molecule has 3 aliphatic rings. The maximum absolute atomic E-state index is 14.0. The lowest BCUT2D eigenvalue weighted by molar-refractivity contribution is -0.162. The molecule has 6 atom stereocenters. The van der Waals surface area contributed by atoms with Gasteiger partial charge in [0.2, 0.25) is 0 Å². The number of aryl methyl sites for hydroxylation is 1. The Labute approximate surface area is 225 Å². The van der Waals surface area contributed by atoms with Crippen molar-refractivity contribution in [3.8, 4) is 0 Å². The lowest BCUT2D eigenvalue weighted by atomic mass is 10.1. The Morgan fingerprint density at radius 3 is 2.54 bits per heavy atom. The van der Waals surface area contributed by atoms with Crippen LogP contribution in [0.4, 0.5) is 30.9 Å². The van der Waals surface area contributed by atoms with Crippen LogP contribution in [0.2, 0.25) is 0 Å². The topological polar surface area (TPSA) is 132 Å². The summed E-state index contributed by atoms with van der Waals surface area (Å²) >= 11 is 0. The minimum atomic E-state index is -0.954. The zero-order valence-corrected chi connectivity index (χ0v) is 22.9. The fourth-order valence-corrected chi connectivity index (χ4v) is 5.39. The predicted molar refractivity (Wildman–Crippen MR) is 139 cm³/mol. The molecule has 1 aromatic carbocycles. The molecule has 4 N–H and O–H groups in total. The van der Waals surface area contributed by atoms with Gasteiger partial charge in [0.05, 0.1) is 12.1 Å². The third-order valence-corrected chi connectivity index (χ3v) is 7.07. The number of rotatable bonds is 5. The van der Waals surface area contributed by atoms with Crippen LogP contribution in [-0.4, -0.2) is 63.0 Å². The largest absolute Gasteiger partial charge is 0.443 e. The summed E-state index contributed by atoms with van der Waals surface area (Å²) in [6.07, 6.45) is -1.51. The summed E-state index contributed by atoms with van der Waals surface area (Å²) < 4.78 is 45.1. The summed E-state index contributed by atoms with van der Waals surface area (Å²) in [5, 5.41) is 13.8. The van der Waals surface area contributed by atoms with E-state index in [1.807, 2.05) is 0 Å². The molecule has 12 heteroatoms. The number of carbonyl (C=O) groups excluding carboxylic acids is 1. The van der Waals surface area contributed by atoms with E-state index < -0.39 is 53.5 Å². The van der Waals surface area contributed by atoms with Crippen molar-refractivity contribution in [2.24, 2.45) is 0 Å². The van der Waals surface area contributed by atoms with E-state index in [-0.39, 0.29) is 29.3 Å². The molecule has 10 nitrogen and oxygen atoms in total. The summed E-state index contributed by atoms with van der Waals surface area (Å²) in [6, 6.07) is 2.91. The second kappa shape index (κ2) is 9.53. The Kier molecular flexibility index (Phi) is 6.71. The molecule has 2 saturated carbocycles. The van der Waals surface area contributed by atoms with Gasteiger partial charge in [-0.2, -0.15) is 0 Å². The van der Waals surface area contributed by atoms with E-state index in [2.05, 4.69) is 15.3 Å². The first-order valence-electron chi connectivity index (χ1n) is 13.0. The average molecular weight is 548 g/mol. The zero-order valence-electron chi connectivity index (χ0n) is 22.9. The van der Waals surface area contributed by atoms with Crippen molar-refractivity contribution >= 4 is 23.4 Å². The van der Waals surface area contributed by atoms with Crippen LogP contribution in [0.25, 0.3) is 0 Å². The van der Waals surface area contributed by atoms with Crippen molar-refractivity contribution in [2.45, 2.75) is 102 Å². The van der Waals surface area contributed by atoms with Crippen LogP contribution in [0.1, 0.15) is 64.8 Å². The minimum Gasteiger partial charge on any atom is -0.443 e. The average Bonchev–Trinajstić information content (AvgIpc) is 3.44. The number of aliphatic hydroxyl groups excluding tert-OH is 1. The highest BCUT2D eigenvalue weighted by Gasteiger charge is 2.54. The van der Waals surface area contributed by atoms with Crippen molar-refractivity contribution in [1.82, 2.24) is 9.97 Å². The van der Waals surface area contributed by atoms with Crippen LogP contribution in [0, 0.1) is 18.6 Å². The zero-order chi connectivity index (χ0) is 28.4. The number of halogens is 2. The molecular weight excluding hydrogens is 512 g/mol. The molecule has 39 heavy (non-hydrogen) atoms. The molecule has 1 saturated heterocycles. The molecule has 1 aromatic heterocycles. The van der Waals surface area contributed by atoms with Gasteiger partial charge in [0.15, 0.2) is 29.1 Å². The summed E-state index contributed by atoms with van der Waals surface area (Å²) in [6.45, 7) is 10.5. The smallest absolute Gasteiger partial charge is 0.416 e. The van der Waals surface area contributed by atoms with Crippen molar-refractivity contribution in [2.75, 3.05) is 16.0 Å². The summed E-state index contributed by atoms with van der Waals surface area (Å²) in [7, 11) is 0. The van der Waals surface area contributed by atoms with E-state index in [4.69, 9.17) is 19.9 Å². The van der Waals surface area contributed by atoms with E-state index in [0.29, 0.717) is 24.2 Å². The van der Waals surface area contributed by atoms with Crippen LogP contribution >= 0.6 is 0 Å². The maximum Gasteiger partial charge on any atom is 0.416 e. The second-order valence-corrected chi connectivity index (χ2v) is 11.9. The number of ether oxygens (including phenoxy) is 3. The van der Waals surface area contributed by atoms with Crippen LogP contribution < -0.4 is 16.0 Å². The molecule has 2 aliphatic carbocycles. The molecular formula is C27H35F2N5O5. The summed E-state index contributed by atoms with van der Waals surface area (Å²) in [4.78, 5) is 23.8. The molecule has 6 unspecified atom stereocenters. The molecule has 212 valence electrons. The highest BCUT2D eigenvalue weighted by Crippen LogP contribution is 2.48. The van der Waals surface area contributed by atoms with Gasteiger partial charge < -0.3 is 30.4 Å². The number of aliphatic hydroxyl groups is 1. The van der Waals surface area contributed by atoms with Crippen LogP contribution in [-0.2, 0) is 14.2 Å². The Balaban J connectivity index is 1.47. The molecule has 0 bridgehead atoms. The molecule has 5 rings (SSSR count). The van der Waals surface area contributed by atoms with Crippen molar-refractivity contribution in [1.29, 1.82) is 0 Å². The number of nitrogens with two attached hydrogens (primary N) is 1. The Hall–Kier alpha value is -3.09. The summed E-state index contributed by atoms with van der Waals surface area (Å²) in [5.74, 6) is -2.23. The Morgan fingerprint density at radius 1 is 1.18 bits per heavy atom. The van der Waals surface area contributed by atoms with Crippen molar-refractivity contribution in [3.63, 3.8) is 0 Å². The lowest BCUT2D eigenvalue weighted by Crippen LogP contribution is -2.40. The quantitative estimate of drug-likeness (QED) is 0.508. The number of nitrogen functional groups attached to an aromatic ring is 1. The van der Waals surface area contributed by atoms with Crippen LogP contribution in [0.15, 0.2) is 18.2 Å². The third kappa shape index (κ3) is 5.50. The number of amides is 1. The first-order chi connectivity index (χ1) is 18.1.